The van der Waals surface area contributed by atoms with Crippen molar-refractivity contribution >= 4 is 46.0 Å². The monoisotopic (exact) mass is 491 g/mol. The lowest BCUT2D eigenvalue weighted by molar-refractivity contribution is 0.574. The Morgan fingerprint density at radius 3 is 2.69 bits per heavy atom. The van der Waals surface area contributed by atoms with E-state index in [-0.39, 0.29) is 28.7 Å². The Balaban J connectivity index is 1.68. The fourth-order valence-electron chi connectivity index (χ4n) is 3.60. The van der Waals surface area contributed by atoms with Gasteiger partial charge in [-0.2, -0.15) is 15.2 Å². The molecule has 0 spiro atoms. The highest BCUT2D eigenvalue weighted by Gasteiger charge is 2.20. The molecular weight excluding hydrogens is 470 g/mol. The van der Waals surface area contributed by atoms with Crippen molar-refractivity contribution in [1.82, 2.24) is 29.5 Å². The van der Waals surface area contributed by atoms with Crippen LogP contribution in [0.3, 0.4) is 0 Å². The molecule has 0 aliphatic carbocycles. The number of halogens is 1. The number of nitrogens with two attached hydrogens (primary N) is 2. The maximum Gasteiger partial charge on any atom is 0.262 e. The molecule has 12 nitrogen and oxygen atoms in total. The summed E-state index contributed by atoms with van der Waals surface area (Å²) in [5.41, 5.74) is 11.8. The summed E-state index contributed by atoms with van der Waals surface area (Å²) in [6, 6.07) is 8.26. The zero-order chi connectivity index (χ0) is 24.9. The van der Waals surface area contributed by atoms with Crippen LogP contribution in [0.5, 0.6) is 0 Å². The fraction of sp³-hybridized carbons (Fsp3) is 0.227. The second-order valence-electron chi connectivity index (χ2n) is 7.58. The predicted molar refractivity (Wildman–Crippen MR) is 134 cm³/mol. The quantitative estimate of drug-likeness (QED) is 0.265. The molecule has 0 bridgehead atoms. The van der Waals surface area contributed by atoms with E-state index >= 15 is 0 Å². The lowest BCUT2D eigenvalue weighted by Gasteiger charge is -2.21. The summed E-state index contributed by atoms with van der Waals surface area (Å²) >= 11 is 6.33. The standard InChI is InChI=1S/C22H22ClN11O/c1-12(30-18-13(11-24)17(25)32-21(26)33-18)19-31-15-6-2-5-14(23)16(15)20(35)34(19)10-4-9-29-22-27-7-3-8-28-22/h2-3,5-8,12H,4,9-10H2,1H3,(H,27,28,29)(H5,25,26,30,32,33)/t12-/m0/s1. The average Bonchev–Trinajstić information content (AvgIpc) is 2.83. The van der Waals surface area contributed by atoms with Crippen LogP contribution < -0.4 is 27.7 Å². The summed E-state index contributed by atoms with van der Waals surface area (Å²) in [6.45, 7) is 2.66. The van der Waals surface area contributed by atoms with Crippen molar-refractivity contribution in [2.24, 2.45) is 0 Å². The van der Waals surface area contributed by atoms with Gasteiger partial charge in [0, 0.05) is 25.5 Å². The lowest BCUT2D eigenvalue weighted by atomic mass is 10.2. The molecule has 0 radical (unpaired) electrons. The molecule has 4 rings (SSSR count). The Labute approximate surface area is 205 Å². The van der Waals surface area contributed by atoms with E-state index in [1.807, 2.05) is 6.07 Å². The van der Waals surface area contributed by atoms with E-state index in [1.165, 1.54) is 0 Å². The van der Waals surface area contributed by atoms with Crippen LogP contribution in [-0.2, 0) is 6.54 Å². The molecule has 1 atom stereocenters. The molecule has 0 saturated carbocycles. The van der Waals surface area contributed by atoms with Crippen molar-refractivity contribution in [3.05, 3.63) is 63.4 Å². The van der Waals surface area contributed by atoms with E-state index in [1.54, 1.807) is 48.1 Å². The lowest BCUT2D eigenvalue weighted by Crippen LogP contribution is -2.30. The van der Waals surface area contributed by atoms with Gasteiger partial charge in [-0.3, -0.25) is 9.36 Å². The molecule has 3 aromatic heterocycles. The number of aromatic nitrogens is 6. The van der Waals surface area contributed by atoms with E-state index in [0.717, 1.165) is 0 Å². The van der Waals surface area contributed by atoms with Crippen molar-refractivity contribution in [2.75, 3.05) is 28.6 Å². The number of hydrogen-bond acceptors (Lipinski definition) is 11. The first-order valence-corrected chi connectivity index (χ1v) is 11.1. The molecule has 0 aliphatic rings. The van der Waals surface area contributed by atoms with Crippen LogP contribution in [0.4, 0.5) is 23.5 Å². The van der Waals surface area contributed by atoms with Crippen molar-refractivity contribution in [1.29, 1.82) is 5.26 Å². The number of rotatable bonds is 8. The Hall–Kier alpha value is -4.50. The number of anilines is 4. The summed E-state index contributed by atoms with van der Waals surface area (Å²) < 4.78 is 1.55. The number of nitrogens with one attached hydrogen (secondary N) is 2. The van der Waals surface area contributed by atoms with Gasteiger partial charge in [0.05, 0.1) is 22.0 Å². The van der Waals surface area contributed by atoms with Gasteiger partial charge < -0.3 is 22.1 Å². The molecule has 0 aliphatic heterocycles. The molecule has 0 saturated heterocycles. The molecule has 0 unspecified atom stereocenters. The van der Waals surface area contributed by atoms with Gasteiger partial charge in [-0.15, -0.1) is 0 Å². The van der Waals surface area contributed by atoms with Crippen LogP contribution in [0, 0.1) is 11.3 Å². The minimum absolute atomic E-state index is 0.0421. The highest BCUT2D eigenvalue weighted by atomic mass is 35.5. The van der Waals surface area contributed by atoms with Gasteiger partial charge in [0.25, 0.3) is 5.56 Å². The molecular formula is C22H22ClN11O. The van der Waals surface area contributed by atoms with Crippen LogP contribution >= 0.6 is 11.6 Å². The van der Waals surface area contributed by atoms with Crippen molar-refractivity contribution in [2.45, 2.75) is 25.9 Å². The molecule has 13 heteroatoms. The van der Waals surface area contributed by atoms with E-state index in [4.69, 9.17) is 28.1 Å². The molecule has 1 aromatic carbocycles. The topological polar surface area (TPSA) is 186 Å². The first-order chi connectivity index (χ1) is 16.9. The average molecular weight is 492 g/mol. The molecule has 3 heterocycles. The number of hydrogen-bond donors (Lipinski definition) is 4. The van der Waals surface area contributed by atoms with E-state index in [0.29, 0.717) is 47.2 Å². The van der Waals surface area contributed by atoms with Gasteiger partial charge in [0.15, 0.2) is 5.82 Å². The number of benzene rings is 1. The van der Waals surface area contributed by atoms with Crippen molar-refractivity contribution in [3.8, 4) is 6.07 Å². The van der Waals surface area contributed by atoms with E-state index in [9.17, 15) is 10.1 Å². The summed E-state index contributed by atoms with van der Waals surface area (Å²) in [6.07, 6.45) is 3.86. The third-order valence-electron chi connectivity index (χ3n) is 5.18. The van der Waals surface area contributed by atoms with Crippen LogP contribution in [0.25, 0.3) is 10.9 Å². The molecule has 35 heavy (non-hydrogen) atoms. The van der Waals surface area contributed by atoms with Crippen LogP contribution in [0.15, 0.2) is 41.5 Å². The number of fused-ring (bicyclic) bond motifs is 1. The van der Waals surface area contributed by atoms with Gasteiger partial charge in [-0.25, -0.2) is 15.0 Å². The summed E-state index contributed by atoms with van der Waals surface area (Å²) in [5.74, 6) is 0.957. The third-order valence-corrected chi connectivity index (χ3v) is 5.49. The second-order valence-corrected chi connectivity index (χ2v) is 7.99. The van der Waals surface area contributed by atoms with Gasteiger partial charge >= 0.3 is 0 Å². The first kappa shape index (κ1) is 23.7. The van der Waals surface area contributed by atoms with E-state index in [2.05, 4.69) is 30.6 Å². The maximum atomic E-state index is 13.5. The Morgan fingerprint density at radius 2 is 1.94 bits per heavy atom. The van der Waals surface area contributed by atoms with E-state index < -0.39 is 6.04 Å². The SMILES string of the molecule is C[C@H](Nc1nc(N)nc(N)c1C#N)c1nc2cccc(Cl)c2c(=O)n1CCCNc1ncccn1. The highest BCUT2D eigenvalue weighted by molar-refractivity contribution is 6.35. The van der Waals surface area contributed by atoms with Crippen LogP contribution in [-0.4, -0.2) is 36.0 Å². The Kier molecular flexibility index (Phi) is 6.88. The van der Waals surface area contributed by atoms with Crippen LogP contribution in [0.2, 0.25) is 5.02 Å². The van der Waals surface area contributed by atoms with Gasteiger partial charge in [0.2, 0.25) is 11.9 Å². The molecule has 4 aromatic rings. The predicted octanol–water partition coefficient (Wildman–Crippen LogP) is 2.34. The number of nitrogen functional groups attached to an aromatic ring is 2. The van der Waals surface area contributed by atoms with Crippen LogP contribution in [0.1, 0.15) is 30.8 Å². The zero-order valence-electron chi connectivity index (χ0n) is 18.7. The van der Waals surface area contributed by atoms with Gasteiger partial charge in [-0.05, 0) is 31.5 Å². The number of nitrogens with zero attached hydrogens (tertiary/aromatic N) is 7. The molecule has 6 N–H and O–H groups in total. The van der Waals surface area contributed by atoms with Gasteiger partial charge in [-0.1, -0.05) is 17.7 Å². The normalized spacial score (nSPS) is 11.7. The maximum absolute atomic E-state index is 13.5. The largest absolute Gasteiger partial charge is 0.382 e. The minimum Gasteiger partial charge on any atom is -0.382 e. The van der Waals surface area contributed by atoms with Crippen molar-refractivity contribution < 1.29 is 0 Å². The first-order valence-electron chi connectivity index (χ1n) is 10.7. The van der Waals surface area contributed by atoms with Gasteiger partial charge in [0.1, 0.15) is 23.3 Å². The Bertz CT molecular complexity index is 1470. The summed E-state index contributed by atoms with van der Waals surface area (Å²) in [7, 11) is 0. The second kappa shape index (κ2) is 10.2. The molecule has 0 fully saturated rings. The number of nitriles is 1. The molecule has 178 valence electrons. The Morgan fingerprint density at radius 1 is 1.17 bits per heavy atom. The summed E-state index contributed by atoms with van der Waals surface area (Å²) in [4.78, 5) is 34.4. The highest BCUT2D eigenvalue weighted by Crippen LogP contribution is 2.25. The zero-order valence-corrected chi connectivity index (χ0v) is 19.5. The smallest absolute Gasteiger partial charge is 0.262 e. The molecule has 0 amide bonds. The van der Waals surface area contributed by atoms with Crippen molar-refractivity contribution in [3.63, 3.8) is 0 Å². The third kappa shape index (κ3) is 5.04. The fourth-order valence-corrected chi connectivity index (χ4v) is 3.85. The minimum atomic E-state index is -0.544. The summed E-state index contributed by atoms with van der Waals surface area (Å²) in [5, 5.41) is 16.4.